The van der Waals surface area contributed by atoms with Gasteiger partial charge in [0.2, 0.25) is 5.91 Å². The number of ether oxygens (including phenoxy) is 1. The molecular weight excluding hydrogens is 427 g/mol. The summed E-state index contributed by atoms with van der Waals surface area (Å²) in [6.45, 7) is 4.08. The molecule has 2 amide bonds. The molecule has 172 valence electrons. The lowest BCUT2D eigenvalue weighted by Crippen LogP contribution is -2.46. The predicted molar refractivity (Wildman–Crippen MR) is 121 cm³/mol. The molecule has 0 aliphatic carbocycles. The molecule has 1 atom stereocenters. The minimum Gasteiger partial charge on any atom is -0.443 e. The van der Waals surface area contributed by atoms with Crippen molar-refractivity contribution in [2.24, 2.45) is 16.5 Å². The number of aliphatic imine (C=N–C) groups is 1. The van der Waals surface area contributed by atoms with Gasteiger partial charge in [-0.2, -0.15) is 5.26 Å². The standard InChI is InChI=1S/C23H25FN6O3/c1-13(28-14(2)31)15-3-5-16(6-4-15)19-10-30(11-19)21-17(9-25)7-8-18(20(21)24)12-33-23(32)29-22(26)27/h3-8,13,19H,10-12H2,1-2H3,(H,28,31)(H4,26,27,29,32)/t13-/m0/s1. The highest BCUT2D eigenvalue weighted by atomic mass is 19.1. The first kappa shape index (κ1) is 23.5. The summed E-state index contributed by atoms with van der Waals surface area (Å²) in [5.41, 5.74) is 12.8. The van der Waals surface area contributed by atoms with Gasteiger partial charge in [-0.3, -0.25) is 4.79 Å². The van der Waals surface area contributed by atoms with Gasteiger partial charge < -0.3 is 26.4 Å². The molecule has 10 heteroatoms. The molecule has 0 spiro atoms. The minimum absolute atomic E-state index is 0.0921. The summed E-state index contributed by atoms with van der Waals surface area (Å²) < 4.78 is 20.0. The summed E-state index contributed by atoms with van der Waals surface area (Å²) in [4.78, 5) is 27.7. The van der Waals surface area contributed by atoms with E-state index in [0.29, 0.717) is 13.1 Å². The van der Waals surface area contributed by atoms with Crippen molar-refractivity contribution >= 4 is 23.6 Å². The molecule has 9 nitrogen and oxygen atoms in total. The van der Waals surface area contributed by atoms with Crippen molar-refractivity contribution in [1.29, 1.82) is 5.26 Å². The van der Waals surface area contributed by atoms with E-state index in [2.05, 4.69) is 10.3 Å². The van der Waals surface area contributed by atoms with Crippen molar-refractivity contribution < 1.29 is 18.7 Å². The van der Waals surface area contributed by atoms with Crippen LogP contribution in [0.3, 0.4) is 0 Å². The first-order chi connectivity index (χ1) is 15.7. The average Bonchev–Trinajstić information content (AvgIpc) is 2.72. The minimum atomic E-state index is -1.03. The van der Waals surface area contributed by atoms with Gasteiger partial charge in [-0.25, -0.2) is 9.18 Å². The van der Waals surface area contributed by atoms with E-state index in [1.807, 2.05) is 37.3 Å². The lowest BCUT2D eigenvalue weighted by atomic mass is 9.89. The zero-order chi connectivity index (χ0) is 24.1. The Kier molecular flexibility index (Phi) is 7.13. The lowest BCUT2D eigenvalue weighted by molar-refractivity contribution is -0.119. The molecule has 0 saturated carbocycles. The molecule has 3 rings (SSSR count). The Morgan fingerprint density at radius 2 is 1.94 bits per heavy atom. The fourth-order valence-corrected chi connectivity index (χ4v) is 3.71. The maximum atomic E-state index is 15.2. The zero-order valence-corrected chi connectivity index (χ0v) is 18.3. The van der Waals surface area contributed by atoms with Crippen molar-refractivity contribution in [3.63, 3.8) is 0 Å². The van der Waals surface area contributed by atoms with Crippen LogP contribution in [0.15, 0.2) is 41.4 Å². The number of benzene rings is 2. The third-order valence-electron chi connectivity index (χ3n) is 5.41. The smallest absolute Gasteiger partial charge is 0.437 e. The van der Waals surface area contributed by atoms with Crippen LogP contribution in [0.1, 0.15) is 48.1 Å². The Labute approximate surface area is 190 Å². The first-order valence-corrected chi connectivity index (χ1v) is 10.3. The largest absolute Gasteiger partial charge is 0.443 e. The Bertz CT molecular complexity index is 1120. The Balaban J connectivity index is 1.70. The first-order valence-electron chi connectivity index (χ1n) is 10.3. The number of halogens is 1. The Morgan fingerprint density at radius 1 is 1.27 bits per heavy atom. The SMILES string of the molecule is CC(=O)N[C@@H](C)c1ccc(C2CN(c3c(C#N)ccc(COC(=O)N=C(N)N)c3F)C2)cc1. The number of guanidine groups is 1. The molecule has 1 aliphatic rings. The normalized spacial score (nSPS) is 13.9. The summed E-state index contributed by atoms with van der Waals surface area (Å²) in [5, 5.41) is 12.3. The van der Waals surface area contributed by atoms with Gasteiger partial charge in [-0.1, -0.05) is 30.3 Å². The van der Waals surface area contributed by atoms with Gasteiger partial charge in [-0.05, 0) is 24.1 Å². The van der Waals surface area contributed by atoms with Crippen LogP contribution in [0.25, 0.3) is 0 Å². The summed E-state index contributed by atoms with van der Waals surface area (Å²) in [6.07, 6.45) is -1.03. The van der Waals surface area contributed by atoms with Gasteiger partial charge in [0.25, 0.3) is 0 Å². The van der Waals surface area contributed by atoms with Crippen LogP contribution in [0.2, 0.25) is 0 Å². The third kappa shape index (κ3) is 5.57. The van der Waals surface area contributed by atoms with Gasteiger partial charge >= 0.3 is 6.09 Å². The van der Waals surface area contributed by atoms with Crippen LogP contribution in [0.5, 0.6) is 0 Å². The molecule has 0 radical (unpaired) electrons. The number of carbonyl (C=O) groups is 2. The highest BCUT2D eigenvalue weighted by Gasteiger charge is 2.32. The second-order valence-corrected chi connectivity index (χ2v) is 7.83. The molecule has 33 heavy (non-hydrogen) atoms. The van der Waals surface area contributed by atoms with E-state index in [-0.39, 0.29) is 41.3 Å². The number of amides is 2. The van der Waals surface area contributed by atoms with E-state index in [1.165, 1.54) is 19.1 Å². The van der Waals surface area contributed by atoms with Crippen LogP contribution in [-0.2, 0) is 16.1 Å². The molecule has 0 unspecified atom stereocenters. The molecule has 2 aromatic rings. The zero-order valence-electron chi connectivity index (χ0n) is 18.3. The number of anilines is 1. The second-order valence-electron chi connectivity index (χ2n) is 7.83. The number of nitrogens with zero attached hydrogens (tertiary/aromatic N) is 3. The summed E-state index contributed by atoms with van der Waals surface area (Å²) in [5.74, 6) is -0.996. The van der Waals surface area contributed by atoms with Crippen molar-refractivity contribution in [3.8, 4) is 6.07 Å². The van der Waals surface area contributed by atoms with Gasteiger partial charge in [0.05, 0.1) is 17.3 Å². The number of nitriles is 1. The topological polar surface area (TPSA) is 147 Å². The second kappa shape index (κ2) is 9.99. The van der Waals surface area contributed by atoms with Crippen LogP contribution < -0.4 is 21.7 Å². The van der Waals surface area contributed by atoms with E-state index in [1.54, 1.807) is 4.90 Å². The van der Waals surface area contributed by atoms with E-state index in [9.17, 15) is 14.9 Å². The van der Waals surface area contributed by atoms with Crippen LogP contribution in [0, 0.1) is 17.1 Å². The quantitative estimate of drug-likeness (QED) is 0.450. The van der Waals surface area contributed by atoms with Gasteiger partial charge in [0, 0.05) is 31.5 Å². The Morgan fingerprint density at radius 3 is 2.52 bits per heavy atom. The maximum absolute atomic E-state index is 15.2. The monoisotopic (exact) mass is 452 g/mol. The predicted octanol–water partition coefficient (Wildman–Crippen LogP) is 2.41. The number of hydrogen-bond donors (Lipinski definition) is 3. The lowest BCUT2D eigenvalue weighted by Gasteiger charge is -2.42. The van der Waals surface area contributed by atoms with Gasteiger partial charge in [0.15, 0.2) is 11.8 Å². The molecule has 1 aliphatic heterocycles. The van der Waals surface area contributed by atoms with Gasteiger partial charge in [0.1, 0.15) is 12.7 Å². The number of hydrogen-bond acceptors (Lipinski definition) is 5. The van der Waals surface area contributed by atoms with E-state index >= 15 is 4.39 Å². The van der Waals surface area contributed by atoms with Crippen LogP contribution >= 0.6 is 0 Å². The molecule has 0 bridgehead atoms. The van der Waals surface area contributed by atoms with E-state index < -0.39 is 17.9 Å². The number of nitrogens with two attached hydrogens (primary N) is 2. The number of carbonyl (C=O) groups excluding carboxylic acids is 2. The van der Waals surface area contributed by atoms with Crippen molar-refractivity contribution in [2.45, 2.75) is 32.4 Å². The fourth-order valence-electron chi connectivity index (χ4n) is 3.71. The summed E-state index contributed by atoms with van der Waals surface area (Å²) in [6, 6.07) is 12.7. The number of nitrogens with one attached hydrogen (secondary N) is 1. The van der Waals surface area contributed by atoms with E-state index in [4.69, 9.17) is 16.2 Å². The van der Waals surface area contributed by atoms with E-state index in [0.717, 1.165) is 11.1 Å². The third-order valence-corrected chi connectivity index (χ3v) is 5.41. The van der Waals surface area contributed by atoms with Gasteiger partial charge in [-0.15, -0.1) is 4.99 Å². The van der Waals surface area contributed by atoms with Crippen molar-refractivity contribution in [2.75, 3.05) is 18.0 Å². The summed E-state index contributed by atoms with van der Waals surface area (Å²) in [7, 11) is 0. The highest BCUT2D eigenvalue weighted by Crippen LogP contribution is 2.36. The highest BCUT2D eigenvalue weighted by molar-refractivity contribution is 5.87. The molecular formula is C23H25FN6O3. The molecule has 1 heterocycles. The molecule has 1 saturated heterocycles. The van der Waals surface area contributed by atoms with Crippen LogP contribution in [-0.4, -0.2) is 31.0 Å². The molecule has 0 aromatic heterocycles. The molecule has 2 aromatic carbocycles. The van der Waals surface area contributed by atoms with Crippen LogP contribution in [0.4, 0.5) is 14.9 Å². The molecule has 1 fully saturated rings. The summed E-state index contributed by atoms with van der Waals surface area (Å²) >= 11 is 0. The number of rotatable bonds is 6. The molecule has 5 N–H and O–H groups in total. The fraction of sp³-hybridized carbons (Fsp3) is 0.304. The Hall–Kier alpha value is -4.13. The van der Waals surface area contributed by atoms with Crippen molar-refractivity contribution in [3.05, 3.63) is 64.5 Å². The average molecular weight is 452 g/mol. The maximum Gasteiger partial charge on any atom is 0.437 e. The van der Waals surface area contributed by atoms with Crippen molar-refractivity contribution in [1.82, 2.24) is 5.32 Å².